The molecule has 0 spiro atoms. The summed E-state index contributed by atoms with van der Waals surface area (Å²) >= 11 is 0. The zero-order valence-electron chi connectivity index (χ0n) is 8.56. The van der Waals surface area contributed by atoms with E-state index < -0.39 is 36.8 Å². The molecule has 0 radical (unpaired) electrons. The van der Waals surface area contributed by atoms with Crippen LogP contribution in [-0.2, 0) is 14.3 Å². The van der Waals surface area contributed by atoms with Gasteiger partial charge in [0.2, 0.25) is 0 Å². The van der Waals surface area contributed by atoms with Gasteiger partial charge in [-0.3, -0.25) is 0 Å². The first-order valence-electron chi connectivity index (χ1n) is 4.07. The Morgan fingerprint density at radius 2 is 1.39 bits per heavy atom. The van der Waals surface area contributed by atoms with Gasteiger partial charge in [-0.15, -0.1) is 0 Å². The molecule has 0 fully saturated rings. The third-order valence-electron chi connectivity index (χ3n) is 1.74. The minimum absolute atomic E-state index is 0.0600. The van der Waals surface area contributed by atoms with E-state index in [1.54, 1.807) is 0 Å². The van der Waals surface area contributed by atoms with Gasteiger partial charge in [0.25, 0.3) is 5.60 Å². The Morgan fingerprint density at radius 1 is 1.00 bits per heavy atom. The van der Waals surface area contributed by atoms with Crippen molar-refractivity contribution < 1.29 is 45.8 Å². The molecule has 0 N–H and O–H groups in total. The molecule has 0 aliphatic carbocycles. The minimum Gasteiger partial charge on any atom is -0.545 e. The number of hydrogen-bond donors (Lipinski definition) is 0. The Labute approximate surface area is 95.8 Å². The van der Waals surface area contributed by atoms with Crippen molar-refractivity contribution >= 4 is 11.9 Å². The van der Waals surface area contributed by atoms with Crippen LogP contribution >= 0.6 is 0 Å². The van der Waals surface area contributed by atoms with E-state index in [1.165, 1.54) is 0 Å². The molecule has 0 rings (SSSR count). The van der Waals surface area contributed by atoms with Crippen LogP contribution < -0.4 is 5.11 Å². The number of halogens is 6. The lowest BCUT2D eigenvalue weighted by Crippen LogP contribution is -2.57. The second kappa shape index (κ2) is 4.86. The fourth-order valence-electron chi connectivity index (χ4n) is 0.648. The number of carbonyl (C=O) groups excluding carboxylic acids is 2. The van der Waals surface area contributed by atoms with Gasteiger partial charge >= 0.3 is 18.3 Å². The molecule has 4 nitrogen and oxygen atoms in total. The van der Waals surface area contributed by atoms with Gasteiger partial charge in [0, 0.05) is 6.08 Å². The topological polar surface area (TPSA) is 66.4 Å². The molecular formula is C8H5F6O4-. The first kappa shape index (κ1) is 16.3. The van der Waals surface area contributed by atoms with E-state index in [0.717, 1.165) is 0 Å². The van der Waals surface area contributed by atoms with E-state index in [0.29, 0.717) is 0 Å². The highest BCUT2D eigenvalue weighted by Gasteiger charge is 2.71. The monoisotopic (exact) mass is 279 g/mol. The SMILES string of the molecule is CC(OC(=O)C=CC(=O)[O-])(C(F)(F)F)C(F)(F)F. The standard InChI is InChI=1S/C8H6F6O4/c1-6(7(9,10)11,8(12,13)14)18-5(17)3-2-4(15)16/h2-3H,1H3,(H,15,16)/p-1. The summed E-state index contributed by atoms with van der Waals surface area (Å²) in [6.07, 6.45) is -12.0. The van der Waals surface area contributed by atoms with Crippen LogP contribution in [0.2, 0.25) is 0 Å². The molecule has 0 aromatic rings. The molecule has 0 aromatic heterocycles. The van der Waals surface area contributed by atoms with E-state index >= 15 is 0 Å². The lowest BCUT2D eigenvalue weighted by Gasteiger charge is -2.32. The molecule has 0 aliphatic rings. The number of carboxylic acid groups (broad SMARTS) is 1. The van der Waals surface area contributed by atoms with E-state index in [-0.39, 0.29) is 12.2 Å². The molecule has 0 aliphatic heterocycles. The lowest BCUT2D eigenvalue weighted by atomic mass is 10.1. The van der Waals surface area contributed by atoms with Gasteiger partial charge in [0.15, 0.2) is 0 Å². The number of ether oxygens (including phenoxy) is 1. The van der Waals surface area contributed by atoms with Gasteiger partial charge in [-0.05, 0) is 13.0 Å². The van der Waals surface area contributed by atoms with Gasteiger partial charge in [0.05, 0.1) is 5.97 Å². The molecule has 0 amide bonds. The summed E-state index contributed by atoms with van der Waals surface area (Å²) in [5.41, 5.74) is -4.73. The van der Waals surface area contributed by atoms with Crippen molar-refractivity contribution in [3.8, 4) is 0 Å². The normalized spacial score (nSPS) is 13.7. The zero-order valence-corrected chi connectivity index (χ0v) is 8.56. The van der Waals surface area contributed by atoms with E-state index in [9.17, 15) is 41.0 Å². The third kappa shape index (κ3) is 3.64. The third-order valence-corrected chi connectivity index (χ3v) is 1.74. The predicted octanol–water partition coefficient (Wildman–Crippen LogP) is 0.719. The second-order valence-electron chi connectivity index (χ2n) is 3.10. The van der Waals surface area contributed by atoms with Gasteiger partial charge in [-0.2, -0.15) is 26.3 Å². The molecule has 0 heterocycles. The summed E-state index contributed by atoms with van der Waals surface area (Å²) in [7, 11) is 0. The second-order valence-corrected chi connectivity index (χ2v) is 3.10. The quantitative estimate of drug-likeness (QED) is 0.434. The first-order valence-corrected chi connectivity index (χ1v) is 4.07. The maximum atomic E-state index is 12.2. The molecule has 0 atom stereocenters. The van der Waals surface area contributed by atoms with Crippen molar-refractivity contribution in [3.63, 3.8) is 0 Å². The van der Waals surface area contributed by atoms with Crippen molar-refractivity contribution in [1.29, 1.82) is 0 Å². The summed E-state index contributed by atoms with van der Waals surface area (Å²) in [6, 6.07) is 0. The Balaban J connectivity index is 5.19. The molecule has 0 bridgehead atoms. The van der Waals surface area contributed by atoms with Gasteiger partial charge in [-0.1, -0.05) is 0 Å². The Kier molecular flexibility index (Phi) is 4.39. The number of carbonyl (C=O) groups is 2. The van der Waals surface area contributed by atoms with E-state index in [1.807, 2.05) is 0 Å². The molecule has 0 unspecified atom stereocenters. The van der Waals surface area contributed by atoms with E-state index in [4.69, 9.17) is 0 Å². The smallest absolute Gasteiger partial charge is 0.437 e. The zero-order chi connectivity index (χ0) is 14.8. The predicted molar refractivity (Wildman–Crippen MR) is 40.8 cm³/mol. The number of esters is 1. The summed E-state index contributed by atoms with van der Waals surface area (Å²) in [6.45, 7) is -0.391. The van der Waals surface area contributed by atoms with Crippen molar-refractivity contribution in [1.82, 2.24) is 0 Å². The van der Waals surface area contributed by atoms with Crippen LogP contribution in [0.25, 0.3) is 0 Å². The average Bonchev–Trinajstić information content (AvgIpc) is 2.10. The summed E-state index contributed by atoms with van der Waals surface area (Å²) in [4.78, 5) is 20.5. The summed E-state index contributed by atoms with van der Waals surface area (Å²) < 4.78 is 76.5. The van der Waals surface area contributed by atoms with Crippen molar-refractivity contribution in [2.45, 2.75) is 24.9 Å². The number of rotatable bonds is 3. The fourth-order valence-corrected chi connectivity index (χ4v) is 0.648. The minimum atomic E-state index is -5.91. The first-order chi connectivity index (χ1) is 7.81. The largest absolute Gasteiger partial charge is 0.545 e. The highest BCUT2D eigenvalue weighted by molar-refractivity contribution is 5.90. The van der Waals surface area contributed by atoms with Crippen molar-refractivity contribution in [2.75, 3.05) is 0 Å². The van der Waals surface area contributed by atoms with Crippen LogP contribution in [0.15, 0.2) is 12.2 Å². The van der Waals surface area contributed by atoms with E-state index in [2.05, 4.69) is 4.74 Å². The van der Waals surface area contributed by atoms with Crippen LogP contribution in [-0.4, -0.2) is 29.9 Å². The van der Waals surface area contributed by atoms with Gasteiger partial charge in [0.1, 0.15) is 0 Å². The van der Waals surface area contributed by atoms with Crippen LogP contribution in [0.5, 0.6) is 0 Å². The molecule has 0 saturated carbocycles. The fraction of sp³-hybridized carbons (Fsp3) is 0.500. The van der Waals surface area contributed by atoms with Gasteiger partial charge in [-0.25, -0.2) is 4.79 Å². The Morgan fingerprint density at radius 3 is 1.67 bits per heavy atom. The number of carboxylic acids is 1. The van der Waals surface area contributed by atoms with Crippen LogP contribution in [0, 0.1) is 0 Å². The number of alkyl halides is 6. The molecule has 10 heteroatoms. The average molecular weight is 279 g/mol. The summed E-state index contributed by atoms with van der Waals surface area (Å²) in [5, 5.41) is 9.81. The molecular weight excluding hydrogens is 274 g/mol. The van der Waals surface area contributed by atoms with Crippen LogP contribution in [0.4, 0.5) is 26.3 Å². The lowest BCUT2D eigenvalue weighted by molar-refractivity contribution is -0.361. The van der Waals surface area contributed by atoms with Gasteiger partial charge < -0.3 is 14.6 Å². The van der Waals surface area contributed by atoms with Crippen molar-refractivity contribution in [2.24, 2.45) is 0 Å². The number of hydrogen-bond acceptors (Lipinski definition) is 4. The Bertz CT molecular complexity index is 353. The van der Waals surface area contributed by atoms with Crippen LogP contribution in [0.3, 0.4) is 0 Å². The molecule has 18 heavy (non-hydrogen) atoms. The Hall–Kier alpha value is -1.74. The highest BCUT2D eigenvalue weighted by Crippen LogP contribution is 2.45. The maximum absolute atomic E-state index is 12.2. The summed E-state index contributed by atoms with van der Waals surface area (Å²) in [5.74, 6) is -4.09. The molecule has 0 aromatic carbocycles. The maximum Gasteiger partial charge on any atom is 0.437 e. The van der Waals surface area contributed by atoms with Crippen molar-refractivity contribution in [3.05, 3.63) is 12.2 Å². The molecule has 104 valence electrons. The molecule has 0 saturated heterocycles. The number of aliphatic carboxylic acids is 1. The highest BCUT2D eigenvalue weighted by atomic mass is 19.4. The van der Waals surface area contributed by atoms with Crippen LogP contribution in [0.1, 0.15) is 6.92 Å².